The zero-order chi connectivity index (χ0) is 22.0. The molecule has 0 aliphatic carbocycles. The summed E-state index contributed by atoms with van der Waals surface area (Å²) in [4.78, 5) is 30.3. The summed E-state index contributed by atoms with van der Waals surface area (Å²) in [6.07, 6.45) is 4.85. The first kappa shape index (κ1) is 21.0. The molecule has 4 rings (SSSR count). The van der Waals surface area contributed by atoms with Crippen molar-refractivity contribution in [1.29, 1.82) is 0 Å². The number of nitrogens with two attached hydrogens (primary N) is 1. The number of hydrogen-bond donors (Lipinski definition) is 2. The number of amides is 1. The summed E-state index contributed by atoms with van der Waals surface area (Å²) < 4.78 is 7.21. The number of pyridine rings is 1. The highest BCUT2D eigenvalue weighted by atomic mass is 32.1. The minimum atomic E-state index is -0.982. The van der Waals surface area contributed by atoms with E-state index in [9.17, 15) is 9.59 Å². The van der Waals surface area contributed by atoms with E-state index in [0.29, 0.717) is 42.1 Å². The molecule has 1 amide bonds. The quantitative estimate of drug-likeness (QED) is 0.569. The smallest absolute Gasteiger partial charge is 0.329 e. The summed E-state index contributed by atoms with van der Waals surface area (Å²) in [5.41, 5.74) is 9.41. The van der Waals surface area contributed by atoms with Crippen LogP contribution in [0.4, 0.5) is 0 Å². The van der Waals surface area contributed by atoms with Crippen LogP contribution < -0.4 is 5.73 Å². The van der Waals surface area contributed by atoms with E-state index in [2.05, 4.69) is 4.98 Å². The highest BCUT2D eigenvalue weighted by Gasteiger charge is 2.25. The zero-order valence-electron chi connectivity index (χ0n) is 16.7. The monoisotopic (exact) mass is 438 g/mol. The molecule has 3 heterocycles. The van der Waals surface area contributed by atoms with Crippen LogP contribution in [-0.2, 0) is 9.53 Å². The Hall–Kier alpha value is -3.30. The second kappa shape index (κ2) is 8.83. The minimum absolute atomic E-state index is 0.0652. The number of carboxylic acid groups (broad SMARTS) is 1. The molecule has 8 nitrogen and oxygen atoms in total. The van der Waals surface area contributed by atoms with Crippen LogP contribution in [0.1, 0.15) is 28.8 Å². The van der Waals surface area contributed by atoms with Gasteiger partial charge in [-0.15, -0.1) is 0 Å². The Labute approximate surface area is 184 Å². The normalized spacial score (nSPS) is 14.6. The van der Waals surface area contributed by atoms with E-state index in [0.717, 1.165) is 16.8 Å². The molecule has 0 bridgehead atoms. The Kier molecular flexibility index (Phi) is 5.97. The number of carboxylic acids is 1. The van der Waals surface area contributed by atoms with Gasteiger partial charge < -0.3 is 24.9 Å². The SMILES string of the molecule is NC(=S)c1ccc(-c2cn3ccc(C(=O)N4CCC(OCC(=O)O)CC4)cc3n2)cc1. The number of fused-ring (bicyclic) bond motifs is 1. The van der Waals surface area contributed by atoms with Gasteiger partial charge in [0.05, 0.1) is 11.8 Å². The Balaban J connectivity index is 1.46. The van der Waals surface area contributed by atoms with Gasteiger partial charge in [0.1, 0.15) is 17.2 Å². The van der Waals surface area contributed by atoms with Crippen LogP contribution in [0.2, 0.25) is 0 Å². The number of thiocarbonyl (C=S) groups is 1. The first-order valence-electron chi connectivity index (χ1n) is 9.92. The Bertz CT molecular complexity index is 1130. The number of rotatable bonds is 6. The summed E-state index contributed by atoms with van der Waals surface area (Å²) >= 11 is 4.99. The van der Waals surface area contributed by atoms with E-state index in [4.69, 9.17) is 27.8 Å². The number of hydrogen-bond acceptors (Lipinski definition) is 5. The van der Waals surface area contributed by atoms with Crippen molar-refractivity contribution >= 4 is 34.7 Å². The van der Waals surface area contributed by atoms with Crippen molar-refractivity contribution in [3.05, 3.63) is 59.9 Å². The number of benzene rings is 1. The molecule has 160 valence electrons. The Morgan fingerprint density at radius 3 is 2.52 bits per heavy atom. The standard InChI is InChI=1S/C22H22N4O4S/c23-21(31)15-3-1-14(2-4-15)18-12-26-8-5-16(11-19(26)24-18)22(29)25-9-6-17(7-10-25)30-13-20(27)28/h1-5,8,11-12,17H,6-7,9-10,13H2,(H2,23,31)(H,27,28). The molecule has 0 radical (unpaired) electrons. The van der Waals surface area contributed by atoms with Crippen LogP contribution >= 0.6 is 12.2 Å². The number of imidazole rings is 1. The van der Waals surface area contributed by atoms with Crippen molar-refractivity contribution in [1.82, 2.24) is 14.3 Å². The van der Waals surface area contributed by atoms with Gasteiger partial charge in [-0.05, 0) is 25.0 Å². The fourth-order valence-corrected chi connectivity index (χ4v) is 3.79. The summed E-state index contributed by atoms with van der Waals surface area (Å²) in [6, 6.07) is 11.1. The molecule has 1 aliphatic rings. The van der Waals surface area contributed by atoms with E-state index < -0.39 is 5.97 Å². The van der Waals surface area contributed by atoms with E-state index in [1.807, 2.05) is 41.1 Å². The zero-order valence-corrected chi connectivity index (χ0v) is 17.5. The molecule has 3 aromatic rings. The maximum Gasteiger partial charge on any atom is 0.329 e. The van der Waals surface area contributed by atoms with Crippen LogP contribution in [0.3, 0.4) is 0 Å². The van der Waals surface area contributed by atoms with Gasteiger partial charge in [0, 0.05) is 42.2 Å². The van der Waals surface area contributed by atoms with E-state index in [-0.39, 0.29) is 18.6 Å². The number of aromatic nitrogens is 2. The van der Waals surface area contributed by atoms with Gasteiger partial charge in [-0.25, -0.2) is 9.78 Å². The molecule has 1 saturated heterocycles. The topological polar surface area (TPSA) is 110 Å². The average molecular weight is 439 g/mol. The van der Waals surface area contributed by atoms with E-state index in [1.54, 1.807) is 17.0 Å². The number of carbonyl (C=O) groups is 2. The minimum Gasteiger partial charge on any atom is -0.480 e. The second-order valence-corrected chi connectivity index (χ2v) is 7.88. The van der Waals surface area contributed by atoms with Crippen molar-refractivity contribution in [3.63, 3.8) is 0 Å². The lowest BCUT2D eigenvalue weighted by molar-refractivity contribution is -0.145. The maximum atomic E-state index is 12.9. The molecule has 31 heavy (non-hydrogen) atoms. The number of likely N-dealkylation sites (tertiary alicyclic amines) is 1. The molecular formula is C22H22N4O4S. The Morgan fingerprint density at radius 2 is 1.87 bits per heavy atom. The number of carbonyl (C=O) groups excluding carboxylic acids is 1. The summed E-state index contributed by atoms with van der Waals surface area (Å²) in [6.45, 7) is 0.756. The first-order chi connectivity index (χ1) is 14.9. The molecule has 1 aromatic carbocycles. The third kappa shape index (κ3) is 4.73. The largest absolute Gasteiger partial charge is 0.480 e. The van der Waals surface area contributed by atoms with Gasteiger partial charge in [-0.1, -0.05) is 36.5 Å². The van der Waals surface area contributed by atoms with Gasteiger partial charge in [-0.3, -0.25) is 4.79 Å². The number of ether oxygens (including phenoxy) is 1. The maximum absolute atomic E-state index is 12.9. The van der Waals surface area contributed by atoms with Gasteiger partial charge >= 0.3 is 5.97 Å². The fourth-order valence-electron chi connectivity index (χ4n) is 3.66. The molecule has 0 saturated carbocycles. The molecule has 0 atom stereocenters. The molecule has 0 unspecified atom stereocenters. The first-order valence-corrected chi connectivity index (χ1v) is 10.3. The highest BCUT2D eigenvalue weighted by Crippen LogP contribution is 2.22. The van der Waals surface area contributed by atoms with Gasteiger partial charge in [0.25, 0.3) is 5.91 Å². The molecule has 1 aliphatic heterocycles. The van der Waals surface area contributed by atoms with E-state index in [1.165, 1.54) is 0 Å². The molecular weight excluding hydrogens is 416 g/mol. The summed E-state index contributed by atoms with van der Waals surface area (Å²) in [7, 11) is 0. The van der Waals surface area contributed by atoms with Gasteiger partial charge in [0.2, 0.25) is 0 Å². The second-order valence-electron chi connectivity index (χ2n) is 7.44. The van der Waals surface area contributed by atoms with Crippen LogP contribution in [0.25, 0.3) is 16.9 Å². The molecule has 2 aromatic heterocycles. The predicted molar refractivity (Wildman–Crippen MR) is 119 cm³/mol. The van der Waals surface area contributed by atoms with Crippen molar-refractivity contribution in [2.24, 2.45) is 5.73 Å². The third-order valence-corrected chi connectivity index (χ3v) is 5.58. The van der Waals surface area contributed by atoms with Crippen LogP contribution in [0.15, 0.2) is 48.8 Å². The van der Waals surface area contributed by atoms with Crippen LogP contribution in [0.5, 0.6) is 0 Å². The van der Waals surface area contributed by atoms with Crippen molar-refractivity contribution in [2.45, 2.75) is 18.9 Å². The Morgan fingerprint density at radius 1 is 1.16 bits per heavy atom. The van der Waals surface area contributed by atoms with Crippen LogP contribution in [-0.4, -0.2) is 62.1 Å². The molecule has 0 spiro atoms. The fraction of sp³-hybridized carbons (Fsp3) is 0.273. The predicted octanol–water partition coefficient (Wildman–Crippen LogP) is 2.34. The number of nitrogens with zero attached hydrogens (tertiary/aromatic N) is 3. The average Bonchev–Trinajstić information content (AvgIpc) is 3.21. The molecule has 9 heteroatoms. The third-order valence-electron chi connectivity index (χ3n) is 5.34. The number of piperidine rings is 1. The molecule has 3 N–H and O–H groups in total. The summed E-state index contributed by atoms with van der Waals surface area (Å²) in [5, 5.41) is 8.72. The van der Waals surface area contributed by atoms with Crippen LogP contribution in [0, 0.1) is 0 Å². The van der Waals surface area contributed by atoms with Crippen molar-refractivity contribution in [3.8, 4) is 11.3 Å². The lowest BCUT2D eigenvalue weighted by Gasteiger charge is -2.31. The lowest BCUT2D eigenvalue weighted by Crippen LogP contribution is -2.41. The highest BCUT2D eigenvalue weighted by molar-refractivity contribution is 7.80. The van der Waals surface area contributed by atoms with Gasteiger partial charge in [-0.2, -0.15) is 0 Å². The van der Waals surface area contributed by atoms with Gasteiger partial charge in [0.15, 0.2) is 0 Å². The van der Waals surface area contributed by atoms with Crippen molar-refractivity contribution < 1.29 is 19.4 Å². The lowest BCUT2D eigenvalue weighted by atomic mass is 10.1. The number of aliphatic carboxylic acids is 1. The molecule has 1 fully saturated rings. The van der Waals surface area contributed by atoms with E-state index >= 15 is 0 Å². The van der Waals surface area contributed by atoms with Crippen molar-refractivity contribution in [2.75, 3.05) is 19.7 Å². The summed E-state index contributed by atoms with van der Waals surface area (Å²) in [5.74, 6) is -1.05.